The average molecular weight is 427 g/mol. The summed E-state index contributed by atoms with van der Waals surface area (Å²) in [5.41, 5.74) is 0.937. The molecular weight excluding hydrogens is 392 g/mol. The van der Waals surface area contributed by atoms with Gasteiger partial charge in [0.25, 0.3) is 5.91 Å². The number of ether oxygens (including phenoxy) is 1. The Hall–Kier alpha value is -2.37. The average Bonchev–Trinajstić information content (AvgIpc) is 2.73. The first-order valence-corrected chi connectivity index (χ1v) is 11.7. The molecule has 31 heavy (non-hydrogen) atoms. The highest BCUT2D eigenvalue weighted by molar-refractivity contribution is 5.85. The zero-order valence-electron chi connectivity index (χ0n) is 18.4. The van der Waals surface area contributed by atoms with E-state index in [-0.39, 0.29) is 30.2 Å². The Morgan fingerprint density at radius 3 is 2.19 bits per heavy atom. The SMILES string of the molecule is CC(OC(=O)CCNC(=O)C12CC3CC(CC(C3)C1)C2)C(=O)NCCc1ccccc1. The fraction of sp³-hybridized carbons (Fsp3) is 0.640. The van der Waals surface area contributed by atoms with Crippen molar-refractivity contribution in [3.63, 3.8) is 0 Å². The molecule has 0 spiro atoms. The number of nitrogens with one attached hydrogen (secondary N) is 2. The molecule has 1 atom stereocenters. The first kappa shape index (κ1) is 21.8. The molecule has 1 aromatic carbocycles. The molecule has 5 rings (SSSR count). The Bertz CT molecular complexity index is 772. The summed E-state index contributed by atoms with van der Waals surface area (Å²) in [6.45, 7) is 2.33. The van der Waals surface area contributed by atoms with E-state index in [4.69, 9.17) is 4.74 Å². The Labute approximate surface area is 184 Å². The molecule has 0 heterocycles. The molecule has 4 bridgehead atoms. The van der Waals surface area contributed by atoms with Gasteiger partial charge in [0.2, 0.25) is 5.91 Å². The smallest absolute Gasteiger partial charge is 0.308 e. The predicted octanol–water partition coefficient (Wildman–Crippen LogP) is 3.00. The third kappa shape index (κ3) is 5.28. The van der Waals surface area contributed by atoms with Crippen LogP contribution in [-0.4, -0.2) is 37.0 Å². The Balaban J connectivity index is 1.14. The van der Waals surface area contributed by atoms with Gasteiger partial charge < -0.3 is 15.4 Å². The Morgan fingerprint density at radius 1 is 0.968 bits per heavy atom. The topological polar surface area (TPSA) is 84.5 Å². The van der Waals surface area contributed by atoms with Gasteiger partial charge >= 0.3 is 5.97 Å². The molecule has 0 aliphatic heterocycles. The first-order valence-electron chi connectivity index (χ1n) is 11.7. The maximum Gasteiger partial charge on any atom is 0.308 e. The van der Waals surface area contributed by atoms with Gasteiger partial charge in [-0.25, -0.2) is 0 Å². The minimum atomic E-state index is -0.845. The predicted molar refractivity (Wildman–Crippen MR) is 117 cm³/mol. The minimum Gasteiger partial charge on any atom is -0.452 e. The van der Waals surface area contributed by atoms with Crippen LogP contribution in [0.2, 0.25) is 0 Å². The van der Waals surface area contributed by atoms with Crippen molar-refractivity contribution in [3.8, 4) is 0 Å². The molecule has 0 radical (unpaired) electrons. The van der Waals surface area contributed by atoms with Crippen LogP contribution in [-0.2, 0) is 25.5 Å². The molecule has 4 aliphatic rings. The monoisotopic (exact) mass is 426 g/mol. The minimum absolute atomic E-state index is 0.0831. The van der Waals surface area contributed by atoms with Gasteiger partial charge in [0.05, 0.1) is 6.42 Å². The lowest BCUT2D eigenvalue weighted by Crippen LogP contribution is -2.53. The van der Waals surface area contributed by atoms with Crippen LogP contribution in [0.4, 0.5) is 0 Å². The van der Waals surface area contributed by atoms with E-state index in [1.165, 1.54) is 19.3 Å². The summed E-state index contributed by atoms with van der Waals surface area (Å²) in [5.74, 6) is 1.49. The lowest BCUT2D eigenvalue weighted by Gasteiger charge is -2.55. The fourth-order valence-corrected chi connectivity index (χ4v) is 6.28. The Kier molecular flexibility index (Phi) is 6.63. The summed E-state index contributed by atoms with van der Waals surface area (Å²) in [6, 6.07) is 9.89. The van der Waals surface area contributed by atoms with E-state index in [9.17, 15) is 14.4 Å². The molecule has 2 N–H and O–H groups in total. The maximum absolute atomic E-state index is 12.9. The molecule has 6 heteroatoms. The van der Waals surface area contributed by atoms with Crippen molar-refractivity contribution < 1.29 is 19.1 Å². The van der Waals surface area contributed by atoms with E-state index >= 15 is 0 Å². The van der Waals surface area contributed by atoms with Gasteiger partial charge in [-0.3, -0.25) is 14.4 Å². The number of benzene rings is 1. The number of carbonyl (C=O) groups is 3. The van der Waals surface area contributed by atoms with Crippen LogP contribution in [0.3, 0.4) is 0 Å². The van der Waals surface area contributed by atoms with Gasteiger partial charge in [0, 0.05) is 18.5 Å². The standard InChI is InChI=1S/C25H34N2O4/c1-17(23(29)26-9-7-18-5-3-2-4-6-18)31-22(28)8-10-27-24(30)25-14-19-11-20(15-25)13-21(12-19)16-25/h2-6,17,19-21H,7-16H2,1H3,(H,26,29)(H,27,30). The molecule has 1 aromatic rings. The van der Waals surface area contributed by atoms with E-state index in [1.54, 1.807) is 6.92 Å². The molecule has 168 valence electrons. The highest BCUT2D eigenvalue weighted by Crippen LogP contribution is 2.60. The van der Waals surface area contributed by atoms with Gasteiger partial charge in [-0.05, 0) is 75.2 Å². The molecule has 4 fully saturated rings. The van der Waals surface area contributed by atoms with Crippen LogP contribution >= 0.6 is 0 Å². The van der Waals surface area contributed by atoms with Gasteiger partial charge in [0.1, 0.15) is 0 Å². The zero-order valence-corrected chi connectivity index (χ0v) is 18.4. The largest absolute Gasteiger partial charge is 0.452 e. The lowest BCUT2D eigenvalue weighted by molar-refractivity contribution is -0.155. The van der Waals surface area contributed by atoms with E-state index in [1.807, 2.05) is 30.3 Å². The van der Waals surface area contributed by atoms with Crippen LogP contribution in [0, 0.1) is 23.2 Å². The van der Waals surface area contributed by atoms with Crippen LogP contribution in [0.15, 0.2) is 30.3 Å². The van der Waals surface area contributed by atoms with Crippen LogP contribution in [0.25, 0.3) is 0 Å². The number of hydrogen-bond acceptors (Lipinski definition) is 4. The van der Waals surface area contributed by atoms with Gasteiger partial charge in [0.15, 0.2) is 6.10 Å². The summed E-state index contributed by atoms with van der Waals surface area (Å²) < 4.78 is 5.24. The molecule has 1 unspecified atom stereocenters. The van der Waals surface area contributed by atoms with Gasteiger partial charge in [-0.1, -0.05) is 30.3 Å². The highest BCUT2D eigenvalue weighted by Gasteiger charge is 2.54. The van der Waals surface area contributed by atoms with Gasteiger partial charge in [-0.15, -0.1) is 0 Å². The van der Waals surface area contributed by atoms with Crippen molar-refractivity contribution in [2.45, 2.75) is 64.4 Å². The van der Waals surface area contributed by atoms with Crippen molar-refractivity contribution >= 4 is 17.8 Å². The van der Waals surface area contributed by atoms with Crippen LogP contribution in [0.5, 0.6) is 0 Å². The normalized spacial score (nSPS) is 29.3. The molecule has 4 saturated carbocycles. The van der Waals surface area contributed by atoms with Crippen molar-refractivity contribution in [2.24, 2.45) is 23.2 Å². The maximum atomic E-state index is 12.9. The molecule has 0 saturated heterocycles. The third-order valence-electron chi connectivity index (χ3n) is 7.37. The Morgan fingerprint density at radius 2 is 1.58 bits per heavy atom. The van der Waals surface area contributed by atoms with E-state index in [2.05, 4.69) is 10.6 Å². The van der Waals surface area contributed by atoms with E-state index < -0.39 is 12.1 Å². The van der Waals surface area contributed by atoms with Crippen LogP contribution in [0.1, 0.15) is 57.4 Å². The molecule has 4 aliphatic carbocycles. The van der Waals surface area contributed by atoms with Crippen molar-refractivity contribution in [1.82, 2.24) is 10.6 Å². The molecular formula is C25H34N2O4. The summed E-state index contributed by atoms with van der Waals surface area (Å²) in [4.78, 5) is 37.2. The fourth-order valence-electron chi connectivity index (χ4n) is 6.28. The number of rotatable bonds is 9. The summed E-state index contributed by atoms with van der Waals surface area (Å²) in [5, 5.41) is 5.78. The number of amides is 2. The molecule has 2 amide bonds. The summed E-state index contributed by atoms with van der Waals surface area (Å²) >= 11 is 0. The lowest BCUT2D eigenvalue weighted by atomic mass is 9.49. The van der Waals surface area contributed by atoms with Crippen molar-refractivity contribution in [2.75, 3.05) is 13.1 Å². The highest BCUT2D eigenvalue weighted by atomic mass is 16.5. The zero-order chi connectivity index (χ0) is 21.8. The van der Waals surface area contributed by atoms with Gasteiger partial charge in [-0.2, -0.15) is 0 Å². The quantitative estimate of drug-likeness (QED) is 0.595. The number of carbonyl (C=O) groups excluding carboxylic acids is 3. The van der Waals surface area contributed by atoms with Crippen molar-refractivity contribution in [1.29, 1.82) is 0 Å². The number of hydrogen-bond donors (Lipinski definition) is 2. The van der Waals surface area contributed by atoms with Crippen molar-refractivity contribution in [3.05, 3.63) is 35.9 Å². The summed E-state index contributed by atoms with van der Waals surface area (Å²) in [7, 11) is 0. The second-order valence-corrected chi connectivity index (χ2v) is 9.86. The first-order chi connectivity index (χ1) is 14.9. The second kappa shape index (κ2) is 9.41. The van der Waals surface area contributed by atoms with Crippen LogP contribution < -0.4 is 10.6 Å². The van der Waals surface area contributed by atoms with E-state index in [0.717, 1.165) is 31.2 Å². The second-order valence-electron chi connectivity index (χ2n) is 9.86. The molecule has 6 nitrogen and oxygen atoms in total. The third-order valence-corrected chi connectivity index (χ3v) is 7.37. The molecule has 0 aromatic heterocycles. The number of esters is 1. The van der Waals surface area contributed by atoms with E-state index in [0.29, 0.717) is 24.3 Å². The summed E-state index contributed by atoms with van der Waals surface area (Å²) in [6.07, 6.45) is 6.88.